The number of sulfonamides is 1. The Bertz CT molecular complexity index is 703. The van der Waals surface area contributed by atoms with Crippen molar-refractivity contribution in [1.82, 2.24) is 9.97 Å². The van der Waals surface area contributed by atoms with E-state index in [0.717, 1.165) is 5.56 Å². The molecular weight excluding hydrogens is 333 g/mol. The molecule has 0 aliphatic carbocycles. The van der Waals surface area contributed by atoms with Crippen molar-refractivity contribution in [2.75, 3.05) is 10.5 Å². The lowest BCUT2D eigenvalue weighted by molar-refractivity contribution is 0.595. The quantitative estimate of drug-likeness (QED) is 0.666. The molecule has 0 saturated heterocycles. The van der Waals surface area contributed by atoms with Crippen LogP contribution in [0.4, 0.5) is 5.82 Å². The lowest BCUT2D eigenvalue weighted by Crippen LogP contribution is -2.21. The zero-order chi connectivity index (χ0) is 15.5. The Morgan fingerprint density at radius 1 is 1.19 bits per heavy atom. The van der Waals surface area contributed by atoms with Crippen LogP contribution in [0.3, 0.4) is 0 Å². The minimum absolute atomic E-state index is 0.0558. The maximum Gasteiger partial charge on any atom is 0.234 e. The second-order valence-electron chi connectivity index (χ2n) is 4.54. The molecule has 0 amide bonds. The molecule has 1 heterocycles. The fourth-order valence-electron chi connectivity index (χ4n) is 1.85. The SMILES string of the molecule is CC(CS(=O)(=O)Nc1cc(Cl)nc(Cl)n1)c1ccccc1. The summed E-state index contributed by atoms with van der Waals surface area (Å²) in [5.74, 6) is -0.173. The Balaban J connectivity index is 2.12. The van der Waals surface area contributed by atoms with Gasteiger partial charge in [0.05, 0.1) is 5.75 Å². The maximum atomic E-state index is 12.1. The topological polar surface area (TPSA) is 72.0 Å². The number of nitrogens with zero attached hydrogens (tertiary/aromatic N) is 2. The summed E-state index contributed by atoms with van der Waals surface area (Å²) < 4.78 is 26.7. The van der Waals surface area contributed by atoms with E-state index in [9.17, 15) is 8.42 Å². The van der Waals surface area contributed by atoms with Crippen molar-refractivity contribution in [1.29, 1.82) is 0 Å². The van der Waals surface area contributed by atoms with Gasteiger partial charge in [0.15, 0.2) is 0 Å². The van der Waals surface area contributed by atoms with Crippen molar-refractivity contribution in [2.45, 2.75) is 12.8 Å². The number of nitrogens with one attached hydrogen (secondary N) is 1. The Morgan fingerprint density at radius 3 is 2.48 bits per heavy atom. The molecule has 112 valence electrons. The van der Waals surface area contributed by atoms with E-state index in [2.05, 4.69) is 14.7 Å². The smallest absolute Gasteiger partial charge is 0.234 e. The van der Waals surface area contributed by atoms with Crippen LogP contribution in [0.2, 0.25) is 10.4 Å². The number of anilines is 1. The number of rotatable bonds is 5. The first-order chi connectivity index (χ1) is 9.85. The average Bonchev–Trinajstić information content (AvgIpc) is 2.37. The van der Waals surface area contributed by atoms with Gasteiger partial charge in [0.25, 0.3) is 0 Å². The van der Waals surface area contributed by atoms with E-state index in [1.807, 2.05) is 37.3 Å². The molecule has 0 spiro atoms. The van der Waals surface area contributed by atoms with E-state index in [0.29, 0.717) is 0 Å². The molecule has 2 aromatic rings. The first-order valence-corrected chi connectivity index (χ1v) is 8.52. The molecule has 0 radical (unpaired) electrons. The number of hydrogen-bond donors (Lipinski definition) is 1. The summed E-state index contributed by atoms with van der Waals surface area (Å²) in [7, 11) is -3.57. The lowest BCUT2D eigenvalue weighted by atomic mass is 10.0. The number of aromatic nitrogens is 2. The maximum absolute atomic E-state index is 12.1. The van der Waals surface area contributed by atoms with Crippen molar-refractivity contribution in [3.63, 3.8) is 0 Å². The molecule has 1 N–H and O–H groups in total. The van der Waals surface area contributed by atoms with Gasteiger partial charge in [0.2, 0.25) is 15.3 Å². The van der Waals surface area contributed by atoms with Crippen LogP contribution in [0.5, 0.6) is 0 Å². The minimum Gasteiger partial charge on any atom is -0.267 e. The summed E-state index contributed by atoms with van der Waals surface area (Å²) in [4.78, 5) is 7.44. The molecule has 1 aromatic carbocycles. The second-order valence-corrected chi connectivity index (χ2v) is 7.03. The third-order valence-corrected chi connectivity index (χ3v) is 4.59. The van der Waals surface area contributed by atoms with E-state index < -0.39 is 10.0 Å². The van der Waals surface area contributed by atoms with Gasteiger partial charge in [-0.25, -0.2) is 13.4 Å². The normalized spacial score (nSPS) is 12.9. The van der Waals surface area contributed by atoms with Gasteiger partial charge in [-0.05, 0) is 23.1 Å². The van der Waals surface area contributed by atoms with Gasteiger partial charge >= 0.3 is 0 Å². The molecule has 0 saturated carbocycles. The van der Waals surface area contributed by atoms with E-state index in [4.69, 9.17) is 23.2 Å². The predicted octanol–water partition coefficient (Wildman–Crippen LogP) is 3.33. The van der Waals surface area contributed by atoms with E-state index >= 15 is 0 Å². The number of hydrogen-bond acceptors (Lipinski definition) is 4. The van der Waals surface area contributed by atoms with E-state index in [1.54, 1.807) is 0 Å². The molecule has 0 aliphatic rings. The van der Waals surface area contributed by atoms with Gasteiger partial charge < -0.3 is 0 Å². The van der Waals surface area contributed by atoms with E-state index in [1.165, 1.54) is 6.07 Å². The van der Waals surface area contributed by atoms with Crippen molar-refractivity contribution >= 4 is 39.0 Å². The summed E-state index contributed by atoms with van der Waals surface area (Å²) in [5.41, 5.74) is 0.946. The van der Waals surface area contributed by atoms with Crippen LogP contribution in [-0.2, 0) is 10.0 Å². The van der Waals surface area contributed by atoms with Crippen LogP contribution in [0, 0.1) is 0 Å². The summed E-state index contributed by atoms with van der Waals surface area (Å²) in [5, 5.41) is -0.0416. The summed E-state index contributed by atoms with van der Waals surface area (Å²) in [6.45, 7) is 1.84. The molecule has 8 heteroatoms. The van der Waals surface area contributed by atoms with Gasteiger partial charge in [-0.1, -0.05) is 48.9 Å². The van der Waals surface area contributed by atoms with Crippen LogP contribution in [0.15, 0.2) is 36.4 Å². The van der Waals surface area contributed by atoms with Crippen molar-refractivity contribution in [3.8, 4) is 0 Å². The van der Waals surface area contributed by atoms with Crippen molar-refractivity contribution in [3.05, 3.63) is 52.4 Å². The largest absolute Gasteiger partial charge is 0.267 e. The Morgan fingerprint density at radius 2 is 1.86 bits per heavy atom. The molecule has 0 bridgehead atoms. The highest BCUT2D eigenvalue weighted by Crippen LogP contribution is 2.19. The molecule has 0 aliphatic heterocycles. The number of halogens is 2. The molecule has 2 rings (SSSR count). The van der Waals surface area contributed by atoms with Crippen LogP contribution in [0.1, 0.15) is 18.4 Å². The standard InChI is InChI=1S/C13H13Cl2N3O2S/c1-9(10-5-3-2-4-6-10)8-21(19,20)18-12-7-11(14)16-13(15)17-12/h2-7,9H,8H2,1H3,(H,16,17,18). The molecule has 0 fully saturated rings. The molecule has 1 unspecified atom stereocenters. The third kappa shape index (κ3) is 4.84. The third-order valence-electron chi connectivity index (χ3n) is 2.77. The Kier molecular flexibility index (Phi) is 5.03. The summed E-state index contributed by atoms with van der Waals surface area (Å²) in [6.07, 6.45) is 0. The van der Waals surface area contributed by atoms with Crippen LogP contribution < -0.4 is 4.72 Å². The minimum atomic E-state index is -3.57. The summed E-state index contributed by atoms with van der Waals surface area (Å²) in [6, 6.07) is 10.7. The first-order valence-electron chi connectivity index (χ1n) is 6.11. The van der Waals surface area contributed by atoms with Gasteiger partial charge in [-0.15, -0.1) is 0 Å². The molecule has 21 heavy (non-hydrogen) atoms. The predicted molar refractivity (Wildman–Crippen MR) is 84.3 cm³/mol. The monoisotopic (exact) mass is 345 g/mol. The highest BCUT2D eigenvalue weighted by atomic mass is 35.5. The van der Waals surface area contributed by atoms with Gasteiger partial charge in [-0.2, -0.15) is 4.98 Å². The van der Waals surface area contributed by atoms with Gasteiger partial charge in [-0.3, -0.25) is 4.72 Å². The van der Waals surface area contributed by atoms with Crippen molar-refractivity contribution < 1.29 is 8.42 Å². The second kappa shape index (κ2) is 6.60. The molecule has 5 nitrogen and oxygen atoms in total. The zero-order valence-corrected chi connectivity index (χ0v) is 13.5. The number of benzene rings is 1. The highest BCUT2D eigenvalue weighted by molar-refractivity contribution is 7.92. The van der Waals surface area contributed by atoms with Crippen LogP contribution >= 0.6 is 23.2 Å². The molecular formula is C13H13Cl2N3O2S. The van der Waals surface area contributed by atoms with Crippen molar-refractivity contribution in [2.24, 2.45) is 0 Å². The average molecular weight is 346 g/mol. The zero-order valence-electron chi connectivity index (χ0n) is 11.1. The molecule has 1 aromatic heterocycles. The van der Waals surface area contributed by atoms with Gasteiger partial charge in [0.1, 0.15) is 11.0 Å². The first kappa shape index (κ1) is 16.0. The van der Waals surface area contributed by atoms with Gasteiger partial charge in [0, 0.05) is 6.07 Å². The van der Waals surface area contributed by atoms with Crippen LogP contribution in [0.25, 0.3) is 0 Å². The lowest BCUT2D eigenvalue weighted by Gasteiger charge is -2.13. The fraction of sp³-hybridized carbons (Fsp3) is 0.231. The highest BCUT2D eigenvalue weighted by Gasteiger charge is 2.18. The Hall–Kier alpha value is -1.37. The summed E-state index contributed by atoms with van der Waals surface area (Å²) >= 11 is 11.3. The van der Waals surface area contributed by atoms with Crippen LogP contribution in [-0.4, -0.2) is 24.1 Å². The Labute approximate surface area is 133 Å². The van der Waals surface area contributed by atoms with E-state index in [-0.39, 0.29) is 27.9 Å². The fourth-order valence-corrected chi connectivity index (χ4v) is 3.62. The molecule has 1 atom stereocenters.